The normalized spacial score (nSPS) is 10.9. The van der Waals surface area contributed by atoms with Gasteiger partial charge >= 0.3 is 0 Å². The zero-order valence-electron chi connectivity index (χ0n) is 11.1. The molecule has 0 saturated carbocycles. The molecule has 0 aliphatic rings. The highest BCUT2D eigenvalue weighted by Crippen LogP contribution is 2.00. The van der Waals surface area contributed by atoms with Gasteiger partial charge < -0.3 is 15.4 Å². The molecule has 0 radical (unpaired) electrons. The summed E-state index contributed by atoms with van der Waals surface area (Å²) in [5.74, 6) is -0.0964. The predicted octanol–water partition coefficient (Wildman–Crippen LogP) is 0.900. The highest BCUT2D eigenvalue weighted by molar-refractivity contribution is 5.85. The maximum absolute atomic E-state index is 11.8. The number of methoxy groups -OCH3 is 1. The van der Waals surface area contributed by atoms with Gasteiger partial charge in [0.15, 0.2) is 0 Å². The molecule has 0 aliphatic heterocycles. The molecule has 5 nitrogen and oxygen atoms in total. The fourth-order valence-electron chi connectivity index (χ4n) is 1.49. The average molecular weight is 310 g/mol. The van der Waals surface area contributed by atoms with Crippen LogP contribution in [0.15, 0.2) is 24.5 Å². The Morgan fingerprint density at radius 3 is 2.53 bits per heavy atom. The van der Waals surface area contributed by atoms with Gasteiger partial charge in [-0.1, -0.05) is 0 Å². The molecular weight excluding hydrogens is 289 g/mol. The maximum Gasteiger partial charge on any atom is 0.241 e. The SMILES string of the molecule is COCC(N)C(=O)N(C)CCc1ccncc1.Cl.Cl. The number of likely N-dealkylation sites (N-methyl/N-ethyl adjacent to an activating group) is 1. The third-order valence-electron chi connectivity index (χ3n) is 2.52. The van der Waals surface area contributed by atoms with E-state index < -0.39 is 6.04 Å². The van der Waals surface area contributed by atoms with E-state index in [1.165, 1.54) is 7.11 Å². The molecule has 19 heavy (non-hydrogen) atoms. The van der Waals surface area contributed by atoms with Crippen molar-refractivity contribution >= 4 is 30.7 Å². The minimum Gasteiger partial charge on any atom is -0.383 e. The molecule has 1 aromatic heterocycles. The Kier molecular flexibility index (Phi) is 11.8. The molecule has 2 N–H and O–H groups in total. The lowest BCUT2D eigenvalue weighted by atomic mass is 10.2. The summed E-state index contributed by atoms with van der Waals surface area (Å²) in [5, 5.41) is 0. The molecule has 1 heterocycles. The molecule has 7 heteroatoms. The van der Waals surface area contributed by atoms with E-state index >= 15 is 0 Å². The highest BCUT2D eigenvalue weighted by Gasteiger charge is 2.17. The van der Waals surface area contributed by atoms with E-state index in [4.69, 9.17) is 10.5 Å². The Morgan fingerprint density at radius 2 is 2.00 bits per heavy atom. The summed E-state index contributed by atoms with van der Waals surface area (Å²) in [4.78, 5) is 17.3. The van der Waals surface area contributed by atoms with E-state index in [1.54, 1.807) is 24.3 Å². The molecule has 0 aliphatic carbocycles. The van der Waals surface area contributed by atoms with Crippen molar-refractivity contribution in [3.63, 3.8) is 0 Å². The summed E-state index contributed by atoms with van der Waals surface area (Å²) in [6, 6.07) is 3.29. The molecule has 0 aromatic carbocycles. The molecule has 0 saturated heterocycles. The number of carbonyl (C=O) groups is 1. The zero-order valence-corrected chi connectivity index (χ0v) is 12.7. The second-order valence-corrected chi connectivity index (χ2v) is 3.93. The van der Waals surface area contributed by atoms with E-state index in [9.17, 15) is 4.79 Å². The van der Waals surface area contributed by atoms with Gasteiger partial charge in [-0.3, -0.25) is 9.78 Å². The van der Waals surface area contributed by atoms with Crippen molar-refractivity contribution < 1.29 is 9.53 Å². The topological polar surface area (TPSA) is 68.5 Å². The van der Waals surface area contributed by atoms with Crippen LogP contribution >= 0.6 is 24.8 Å². The Labute approximate surface area is 126 Å². The van der Waals surface area contributed by atoms with Gasteiger partial charge in [0, 0.05) is 33.1 Å². The molecule has 1 atom stereocenters. The largest absolute Gasteiger partial charge is 0.383 e. The van der Waals surface area contributed by atoms with Gasteiger partial charge in [0.25, 0.3) is 0 Å². The van der Waals surface area contributed by atoms with Crippen molar-refractivity contribution in [3.8, 4) is 0 Å². The molecule has 1 rings (SSSR count). The first kappa shape index (κ1) is 20.4. The second kappa shape index (κ2) is 11.0. The number of halogens is 2. The first-order valence-corrected chi connectivity index (χ1v) is 5.53. The molecule has 0 spiro atoms. The number of hydrogen-bond donors (Lipinski definition) is 1. The smallest absolute Gasteiger partial charge is 0.241 e. The van der Waals surface area contributed by atoms with Crippen molar-refractivity contribution in [2.75, 3.05) is 27.3 Å². The lowest BCUT2D eigenvalue weighted by molar-refractivity contribution is -0.132. The van der Waals surface area contributed by atoms with Gasteiger partial charge in [0.1, 0.15) is 6.04 Å². The van der Waals surface area contributed by atoms with Gasteiger partial charge in [-0.15, -0.1) is 24.8 Å². The number of aromatic nitrogens is 1. The Hall–Kier alpha value is -0.880. The molecule has 1 amide bonds. The average Bonchev–Trinajstić information content (AvgIpc) is 2.36. The van der Waals surface area contributed by atoms with Crippen molar-refractivity contribution in [3.05, 3.63) is 30.1 Å². The number of nitrogens with two attached hydrogens (primary N) is 1. The summed E-state index contributed by atoms with van der Waals surface area (Å²) in [6.45, 7) is 0.888. The van der Waals surface area contributed by atoms with Gasteiger partial charge in [0.2, 0.25) is 5.91 Å². The van der Waals surface area contributed by atoms with Crippen LogP contribution in [0, 0.1) is 0 Å². The first-order valence-electron chi connectivity index (χ1n) is 5.53. The summed E-state index contributed by atoms with van der Waals surface area (Å²) in [6.07, 6.45) is 4.28. The standard InChI is InChI=1S/C12H19N3O2.2ClH/c1-15(12(16)11(13)9-17-2)8-5-10-3-6-14-7-4-10;;/h3-4,6-7,11H,5,8-9,13H2,1-2H3;2*1H. The molecule has 1 aromatic rings. The maximum atomic E-state index is 11.8. The number of hydrogen-bond acceptors (Lipinski definition) is 4. The van der Waals surface area contributed by atoms with Crippen LogP contribution in [-0.4, -0.2) is 49.1 Å². The molecule has 110 valence electrons. The lowest BCUT2D eigenvalue weighted by Crippen LogP contribution is -2.45. The summed E-state index contributed by atoms with van der Waals surface area (Å²) >= 11 is 0. The number of nitrogens with zero attached hydrogens (tertiary/aromatic N) is 2. The summed E-state index contributed by atoms with van der Waals surface area (Å²) in [5.41, 5.74) is 6.82. The van der Waals surface area contributed by atoms with E-state index in [2.05, 4.69) is 4.98 Å². The number of amides is 1. The van der Waals surface area contributed by atoms with Crippen LogP contribution in [0.3, 0.4) is 0 Å². The third-order valence-corrected chi connectivity index (χ3v) is 2.52. The Bertz CT molecular complexity index is 352. The lowest BCUT2D eigenvalue weighted by Gasteiger charge is -2.20. The monoisotopic (exact) mass is 309 g/mol. The van der Waals surface area contributed by atoms with Gasteiger partial charge in [-0.2, -0.15) is 0 Å². The highest BCUT2D eigenvalue weighted by atomic mass is 35.5. The Morgan fingerprint density at radius 1 is 1.42 bits per heavy atom. The van der Waals surface area contributed by atoms with E-state index in [1.807, 2.05) is 12.1 Å². The predicted molar refractivity (Wildman–Crippen MR) is 79.9 cm³/mol. The molecular formula is C12H21Cl2N3O2. The van der Waals surface area contributed by atoms with Crippen LogP contribution in [-0.2, 0) is 16.0 Å². The van der Waals surface area contributed by atoms with Crippen molar-refractivity contribution in [1.29, 1.82) is 0 Å². The van der Waals surface area contributed by atoms with Crippen molar-refractivity contribution in [2.45, 2.75) is 12.5 Å². The molecule has 0 bridgehead atoms. The van der Waals surface area contributed by atoms with E-state index in [-0.39, 0.29) is 37.3 Å². The van der Waals surface area contributed by atoms with Crippen LogP contribution in [0.2, 0.25) is 0 Å². The van der Waals surface area contributed by atoms with Gasteiger partial charge in [-0.25, -0.2) is 0 Å². The number of rotatable bonds is 6. The third kappa shape index (κ3) is 7.32. The number of pyridine rings is 1. The quantitative estimate of drug-likeness (QED) is 0.847. The van der Waals surface area contributed by atoms with Crippen LogP contribution in [0.5, 0.6) is 0 Å². The van der Waals surface area contributed by atoms with Crippen molar-refractivity contribution in [1.82, 2.24) is 9.88 Å². The van der Waals surface area contributed by atoms with Crippen LogP contribution < -0.4 is 5.73 Å². The number of ether oxygens (including phenoxy) is 1. The minimum absolute atomic E-state index is 0. The van der Waals surface area contributed by atoms with Crippen molar-refractivity contribution in [2.24, 2.45) is 5.73 Å². The molecule has 1 unspecified atom stereocenters. The number of carbonyl (C=O) groups excluding carboxylic acids is 1. The fourth-order valence-corrected chi connectivity index (χ4v) is 1.49. The van der Waals surface area contributed by atoms with Crippen LogP contribution in [0.1, 0.15) is 5.56 Å². The van der Waals surface area contributed by atoms with E-state index in [0.717, 1.165) is 12.0 Å². The first-order chi connectivity index (χ1) is 8.15. The van der Waals surface area contributed by atoms with Gasteiger partial charge in [0.05, 0.1) is 6.61 Å². The summed E-state index contributed by atoms with van der Waals surface area (Å²) < 4.78 is 4.86. The zero-order chi connectivity index (χ0) is 12.7. The Balaban J connectivity index is 0. The fraction of sp³-hybridized carbons (Fsp3) is 0.500. The van der Waals surface area contributed by atoms with E-state index in [0.29, 0.717) is 6.54 Å². The van der Waals surface area contributed by atoms with Crippen LogP contribution in [0.4, 0.5) is 0 Å². The molecule has 0 fully saturated rings. The second-order valence-electron chi connectivity index (χ2n) is 3.93. The minimum atomic E-state index is -0.581. The van der Waals surface area contributed by atoms with Gasteiger partial charge in [-0.05, 0) is 24.1 Å². The summed E-state index contributed by atoms with van der Waals surface area (Å²) in [7, 11) is 3.28. The van der Waals surface area contributed by atoms with Crippen LogP contribution in [0.25, 0.3) is 0 Å².